The molecular weight excluding hydrogens is 180 g/mol. The molecule has 0 aromatic rings. The predicted octanol–water partition coefficient (Wildman–Crippen LogP) is -0.586. The van der Waals surface area contributed by atoms with E-state index in [2.05, 4.69) is 17.3 Å². The summed E-state index contributed by atoms with van der Waals surface area (Å²) >= 11 is 0. The van der Waals surface area contributed by atoms with E-state index in [1.165, 1.54) is 0 Å². The maximum atomic E-state index is 9.27. The van der Waals surface area contributed by atoms with Crippen molar-refractivity contribution >= 4 is 0 Å². The molecule has 0 spiro atoms. The molecule has 84 valence electrons. The van der Waals surface area contributed by atoms with Gasteiger partial charge in [0.2, 0.25) is 0 Å². The largest absolute Gasteiger partial charge is 0.394 e. The Kier molecular flexibility index (Phi) is 4.31. The Morgan fingerprint density at radius 1 is 1.43 bits per heavy atom. The highest BCUT2D eigenvalue weighted by atomic mass is 16.3. The summed E-state index contributed by atoms with van der Waals surface area (Å²) in [4.78, 5) is 2.26. The average Bonchev–Trinajstić information content (AvgIpc) is 2.61. The molecule has 4 nitrogen and oxygen atoms in total. The fourth-order valence-electron chi connectivity index (χ4n) is 1.95. The molecule has 1 atom stereocenters. The molecule has 1 heterocycles. The van der Waals surface area contributed by atoms with Gasteiger partial charge in [0.15, 0.2) is 0 Å². The number of likely N-dealkylation sites (N-methyl/N-ethyl adjacent to an activating group) is 1. The Morgan fingerprint density at radius 2 is 2.07 bits per heavy atom. The van der Waals surface area contributed by atoms with Gasteiger partial charge in [0.1, 0.15) is 0 Å². The number of hydrogen-bond donors (Lipinski definition) is 3. The molecule has 3 N–H and O–H groups in total. The van der Waals surface area contributed by atoms with Gasteiger partial charge in [-0.05, 0) is 26.4 Å². The van der Waals surface area contributed by atoms with Crippen LogP contribution in [0.25, 0.3) is 0 Å². The van der Waals surface area contributed by atoms with Gasteiger partial charge in [0, 0.05) is 12.6 Å². The highest BCUT2D eigenvalue weighted by molar-refractivity contribution is 4.91. The van der Waals surface area contributed by atoms with Crippen LogP contribution in [-0.2, 0) is 0 Å². The molecule has 0 aromatic carbocycles. The van der Waals surface area contributed by atoms with Gasteiger partial charge in [-0.2, -0.15) is 0 Å². The predicted molar refractivity (Wildman–Crippen MR) is 56.2 cm³/mol. The zero-order valence-electron chi connectivity index (χ0n) is 9.16. The van der Waals surface area contributed by atoms with Gasteiger partial charge in [-0.3, -0.25) is 0 Å². The van der Waals surface area contributed by atoms with Crippen molar-refractivity contribution in [2.75, 3.05) is 33.4 Å². The second kappa shape index (κ2) is 5.07. The van der Waals surface area contributed by atoms with Crippen LogP contribution >= 0.6 is 0 Å². The third-order valence-corrected chi connectivity index (χ3v) is 3.18. The van der Waals surface area contributed by atoms with E-state index in [4.69, 9.17) is 0 Å². The molecule has 0 aromatic heterocycles. The summed E-state index contributed by atoms with van der Waals surface area (Å²) in [7, 11) is 2.09. The first-order chi connectivity index (χ1) is 6.65. The molecule has 0 amide bonds. The van der Waals surface area contributed by atoms with Crippen LogP contribution in [0.1, 0.15) is 19.8 Å². The number of aliphatic hydroxyl groups is 2. The number of likely N-dealkylation sites (tertiary alicyclic amines) is 1. The Morgan fingerprint density at radius 3 is 2.43 bits per heavy atom. The van der Waals surface area contributed by atoms with Crippen LogP contribution in [0, 0.1) is 0 Å². The third-order valence-electron chi connectivity index (χ3n) is 3.18. The van der Waals surface area contributed by atoms with Crippen molar-refractivity contribution in [2.45, 2.75) is 31.3 Å². The van der Waals surface area contributed by atoms with Crippen molar-refractivity contribution in [3.05, 3.63) is 0 Å². The van der Waals surface area contributed by atoms with Crippen molar-refractivity contribution in [1.29, 1.82) is 0 Å². The van der Waals surface area contributed by atoms with Gasteiger partial charge < -0.3 is 20.4 Å². The van der Waals surface area contributed by atoms with E-state index in [1.54, 1.807) is 0 Å². The van der Waals surface area contributed by atoms with E-state index >= 15 is 0 Å². The highest BCUT2D eigenvalue weighted by Crippen LogP contribution is 2.14. The number of hydrogen-bond acceptors (Lipinski definition) is 4. The normalized spacial score (nSPS) is 24.4. The van der Waals surface area contributed by atoms with E-state index in [1.807, 2.05) is 6.92 Å². The van der Waals surface area contributed by atoms with E-state index in [9.17, 15) is 10.2 Å². The van der Waals surface area contributed by atoms with E-state index < -0.39 is 5.54 Å². The van der Waals surface area contributed by atoms with Crippen molar-refractivity contribution in [3.63, 3.8) is 0 Å². The monoisotopic (exact) mass is 202 g/mol. The van der Waals surface area contributed by atoms with Crippen LogP contribution in [0.15, 0.2) is 0 Å². The third kappa shape index (κ3) is 2.67. The maximum Gasteiger partial charge on any atom is 0.0648 e. The van der Waals surface area contributed by atoms with Crippen LogP contribution in [0.2, 0.25) is 0 Å². The van der Waals surface area contributed by atoms with Crippen LogP contribution in [0.3, 0.4) is 0 Å². The summed E-state index contributed by atoms with van der Waals surface area (Å²) in [5, 5.41) is 21.9. The number of nitrogens with zero attached hydrogens (tertiary/aromatic N) is 1. The van der Waals surface area contributed by atoms with Crippen LogP contribution in [0.4, 0.5) is 0 Å². The summed E-state index contributed by atoms with van der Waals surface area (Å²) in [5.74, 6) is 0. The summed E-state index contributed by atoms with van der Waals surface area (Å²) in [6.45, 7) is 4.08. The quantitative estimate of drug-likeness (QED) is 0.558. The molecule has 14 heavy (non-hydrogen) atoms. The molecule has 1 aliphatic heterocycles. The van der Waals surface area contributed by atoms with Gasteiger partial charge in [-0.1, -0.05) is 6.92 Å². The molecule has 1 unspecified atom stereocenters. The van der Waals surface area contributed by atoms with Gasteiger partial charge in [-0.25, -0.2) is 0 Å². The molecule has 1 fully saturated rings. The van der Waals surface area contributed by atoms with E-state index in [0.717, 1.165) is 25.9 Å². The molecule has 0 aliphatic carbocycles. The second-order valence-electron chi connectivity index (χ2n) is 4.34. The van der Waals surface area contributed by atoms with Crippen molar-refractivity contribution in [2.24, 2.45) is 0 Å². The Bertz CT molecular complexity index is 163. The molecule has 0 bridgehead atoms. The van der Waals surface area contributed by atoms with E-state index in [0.29, 0.717) is 6.04 Å². The summed E-state index contributed by atoms with van der Waals surface area (Å²) in [5.41, 5.74) is -0.490. The average molecular weight is 202 g/mol. The first-order valence-corrected chi connectivity index (χ1v) is 5.34. The fraction of sp³-hybridized carbons (Fsp3) is 1.00. The first-order valence-electron chi connectivity index (χ1n) is 5.34. The molecule has 0 radical (unpaired) electrons. The van der Waals surface area contributed by atoms with Gasteiger partial charge in [-0.15, -0.1) is 0 Å². The summed E-state index contributed by atoms with van der Waals surface area (Å²) in [6.07, 6.45) is 1.85. The van der Waals surface area contributed by atoms with Gasteiger partial charge in [0.05, 0.1) is 18.8 Å². The minimum atomic E-state index is -0.490. The molecule has 1 saturated heterocycles. The SMILES string of the molecule is CCC(CO)(CO)NC1CCN(C)C1. The highest BCUT2D eigenvalue weighted by Gasteiger charge is 2.31. The Labute approximate surface area is 85.9 Å². The molecule has 1 rings (SSSR count). The summed E-state index contributed by atoms with van der Waals surface area (Å²) < 4.78 is 0. The minimum absolute atomic E-state index is 0.000213. The van der Waals surface area contributed by atoms with Crippen molar-refractivity contribution in [1.82, 2.24) is 10.2 Å². The minimum Gasteiger partial charge on any atom is -0.394 e. The second-order valence-corrected chi connectivity index (χ2v) is 4.34. The molecule has 4 heteroatoms. The van der Waals surface area contributed by atoms with Gasteiger partial charge >= 0.3 is 0 Å². The lowest BCUT2D eigenvalue weighted by atomic mass is 9.97. The summed E-state index contributed by atoms with van der Waals surface area (Å²) in [6, 6.07) is 0.402. The maximum absolute atomic E-state index is 9.27. The molecule has 1 aliphatic rings. The zero-order chi connectivity index (χ0) is 10.6. The van der Waals surface area contributed by atoms with Crippen LogP contribution in [0.5, 0.6) is 0 Å². The lowest BCUT2D eigenvalue weighted by molar-refractivity contribution is 0.0784. The molecule has 0 saturated carbocycles. The number of nitrogens with one attached hydrogen (secondary N) is 1. The Hall–Kier alpha value is -0.160. The van der Waals surface area contributed by atoms with Crippen LogP contribution < -0.4 is 5.32 Å². The lowest BCUT2D eigenvalue weighted by Gasteiger charge is -2.33. The first kappa shape index (κ1) is 11.9. The standard InChI is InChI=1S/C10H22N2O2/c1-3-10(7-13,8-14)11-9-4-5-12(2)6-9/h9,11,13-14H,3-8H2,1-2H3. The lowest BCUT2D eigenvalue weighted by Crippen LogP contribution is -2.55. The van der Waals surface area contributed by atoms with Crippen molar-refractivity contribution < 1.29 is 10.2 Å². The van der Waals surface area contributed by atoms with Gasteiger partial charge in [0.25, 0.3) is 0 Å². The zero-order valence-corrected chi connectivity index (χ0v) is 9.16. The Balaban J connectivity index is 2.47. The fourth-order valence-corrected chi connectivity index (χ4v) is 1.95. The van der Waals surface area contributed by atoms with Crippen LogP contribution in [-0.4, -0.2) is 60.0 Å². The smallest absolute Gasteiger partial charge is 0.0648 e. The topological polar surface area (TPSA) is 55.7 Å². The number of aliphatic hydroxyl groups excluding tert-OH is 2. The van der Waals surface area contributed by atoms with Crippen molar-refractivity contribution in [3.8, 4) is 0 Å². The molecular formula is C10H22N2O2. The van der Waals surface area contributed by atoms with E-state index in [-0.39, 0.29) is 13.2 Å². The number of rotatable bonds is 5.